The van der Waals surface area contributed by atoms with Crippen LogP contribution in [0.3, 0.4) is 0 Å². The van der Waals surface area contributed by atoms with Crippen LogP contribution in [0.15, 0.2) is 47.7 Å². The number of nitrogens with zero attached hydrogens (tertiary/aromatic N) is 4. The Hall–Kier alpha value is -2.10. The van der Waals surface area contributed by atoms with Gasteiger partial charge in [-0.2, -0.15) is 0 Å². The van der Waals surface area contributed by atoms with Gasteiger partial charge in [0.1, 0.15) is 12.4 Å². The van der Waals surface area contributed by atoms with E-state index in [1.54, 1.807) is 0 Å². The summed E-state index contributed by atoms with van der Waals surface area (Å²) < 4.78 is 2.13. The number of benzene rings is 1. The van der Waals surface area contributed by atoms with Gasteiger partial charge < -0.3 is 20.1 Å². The van der Waals surface area contributed by atoms with Crippen LogP contribution in [0, 0.1) is 0 Å². The first-order valence-corrected chi connectivity index (χ1v) is 11.1. The highest BCUT2D eigenvalue weighted by molar-refractivity contribution is 14.0. The lowest BCUT2D eigenvalue weighted by atomic mass is 10.2. The molecule has 31 heavy (non-hydrogen) atoms. The number of likely N-dealkylation sites (tertiary alicyclic amines) is 1. The van der Waals surface area contributed by atoms with Gasteiger partial charge in [-0.1, -0.05) is 36.8 Å². The van der Waals surface area contributed by atoms with Crippen molar-refractivity contribution in [2.45, 2.75) is 52.1 Å². The molecule has 1 saturated heterocycles. The van der Waals surface area contributed by atoms with E-state index in [0.717, 1.165) is 70.2 Å². The number of carbonyl (C=O) groups is 1. The van der Waals surface area contributed by atoms with Gasteiger partial charge in [0.2, 0.25) is 5.91 Å². The maximum atomic E-state index is 12.1. The molecule has 0 bridgehead atoms. The minimum Gasteiger partial charge on any atom is -0.357 e. The van der Waals surface area contributed by atoms with Crippen molar-refractivity contribution in [3.05, 3.63) is 54.1 Å². The molecule has 1 aromatic heterocycles. The molecule has 2 heterocycles. The van der Waals surface area contributed by atoms with Crippen molar-refractivity contribution in [3.63, 3.8) is 0 Å². The van der Waals surface area contributed by atoms with Crippen LogP contribution in [0.4, 0.5) is 0 Å². The van der Waals surface area contributed by atoms with Crippen LogP contribution in [0.5, 0.6) is 0 Å². The standard InChI is InChI=1S/C23H34N6O.HI/c1-2-24-23(26-13-9-16-28-15-8-4-7-12-22(28)30)27-18-21-25-14-17-29(21)19-20-10-5-3-6-11-20;/h3,5-6,10-11,14,17H,2,4,7-9,12-13,15-16,18-19H2,1H3,(H2,24,26,27);1H. The topological polar surface area (TPSA) is 74.6 Å². The van der Waals surface area contributed by atoms with E-state index in [9.17, 15) is 4.79 Å². The van der Waals surface area contributed by atoms with Gasteiger partial charge in [-0.05, 0) is 31.7 Å². The van der Waals surface area contributed by atoms with Gasteiger partial charge in [-0.25, -0.2) is 9.98 Å². The molecule has 1 fully saturated rings. The number of hydrogen-bond acceptors (Lipinski definition) is 3. The number of aromatic nitrogens is 2. The predicted octanol–water partition coefficient (Wildman–Crippen LogP) is 3.40. The molecule has 170 valence electrons. The first-order valence-electron chi connectivity index (χ1n) is 11.1. The quantitative estimate of drug-likeness (QED) is 0.222. The van der Waals surface area contributed by atoms with Crippen molar-refractivity contribution < 1.29 is 4.79 Å². The zero-order valence-electron chi connectivity index (χ0n) is 18.4. The molecule has 3 rings (SSSR count). The van der Waals surface area contributed by atoms with Crippen LogP contribution in [-0.4, -0.2) is 52.5 Å². The number of halogens is 1. The molecule has 0 saturated carbocycles. The van der Waals surface area contributed by atoms with Crippen LogP contribution in [0.25, 0.3) is 0 Å². The molecule has 8 heteroatoms. The molecule has 0 unspecified atom stereocenters. The van der Waals surface area contributed by atoms with E-state index < -0.39 is 0 Å². The van der Waals surface area contributed by atoms with Gasteiger partial charge in [0.05, 0.1) is 0 Å². The molecule has 0 atom stereocenters. The highest BCUT2D eigenvalue weighted by Gasteiger charge is 2.15. The molecule has 0 spiro atoms. The van der Waals surface area contributed by atoms with Crippen molar-refractivity contribution in [1.29, 1.82) is 0 Å². The minimum atomic E-state index is 0. The van der Waals surface area contributed by atoms with E-state index in [-0.39, 0.29) is 24.0 Å². The Morgan fingerprint density at radius 3 is 2.81 bits per heavy atom. The van der Waals surface area contributed by atoms with Gasteiger partial charge in [-0.3, -0.25) is 4.79 Å². The maximum absolute atomic E-state index is 12.1. The zero-order valence-corrected chi connectivity index (χ0v) is 20.8. The third kappa shape index (κ3) is 8.51. The number of guanidine groups is 1. The second-order valence-electron chi connectivity index (χ2n) is 7.62. The van der Waals surface area contributed by atoms with Crippen LogP contribution in [0.2, 0.25) is 0 Å². The summed E-state index contributed by atoms with van der Waals surface area (Å²) in [6, 6.07) is 10.4. The largest absolute Gasteiger partial charge is 0.357 e. The monoisotopic (exact) mass is 538 g/mol. The summed E-state index contributed by atoms with van der Waals surface area (Å²) in [5, 5.41) is 6.68. The van der Waals surface area contributed by atoms with Crippen LogP contribution >= 0.6 is 24.0 Å². The second-order valence-corrected chi connectivity index (χ2v) is 7.62. The number of hydrogen-bond donors (Lipinski definition) is 2. The van der Waals surface area contributed by atoms with E-state index >= 15 is 0 Å². The number of carbonyl (C=O) groups excluding carboxylic acids is 1. The number of aliphatic imine (C=N–C) groups is 1. The summed E-state index contributed by atoms with van der Waals surface area (Å²) in [6.45, 7) is 6.66. The number of imidazole rings is 1. The van der Waals surface area contributed by atoms with E-state index in [2.05, 4.69) is 51.4 Å². The molecule has 1 aromatic carbocycles. The number of amides is 1. The summed E-state index contributed by atoms with van der Waals surface area (Å²) in [7, 11) is 0. The van der Waals surface area contributed by atoms with Crippen molar-refractivity contribution in [2.24, 2.45) is 4.99 Å². The molecule has 1 aliphatic rings. The van der Waals surface area contributed by atoms with Crippen molar-refractivity contribution in [3.8, 4) is 0 Å². The Balaban J connectivity index is 0.00000341. The lowest BCUT2D eigenvalue weighted by Gasteiger charge is -2.20. The van der Waals surface area contributed by atoms with Gasteiger partial charge in [0, 0.05) is 51.5 Å². The lowest BCUT2D eigenvalue weighted by Crippen LogP contribution is -2.39. The number of rotatable bonds is 9. The molecule has 0 radical (unpaired) electrons. The Kier molecular flexibility index (Phi) is 11.4. The molecule has 0 aliphatic carbocycles. The van der Waals surface area contributed by atoms with E-state index in [0.29, 0.717) is 18.9 Å². The molecule has 2 N–H and O–H groups in total. The zero-order chi connectivity index (χ0) is 21.0. The van der Waals surface area contributed by atoms with Crippen molar-refractivity contribution >= 4 is 35.8 Å². The second kappa shape index (κ2) is 14.1. The van der Waals surface area contributed by atoms with E-state index in [4.69, 9.17) is 4.99 Å². The van der Waals surface area contributed by atoms with Crippen molar-refractivity contribution in [1.82, 2.24) is 25.1 Å². The fourth-order valence-corrected chi connectivity index (χ4v) is 3.66. The summed E-state index contributed by atoms with van der Waals surface area (Å²) in [5.41, 5.74) is 1.24. The molecule has 1 aliphatic heterocycles. The Bertz CT molecular complexity index is 807. The summed E-state index contributed by atoms with van der Waals surface area (Å²) in [5.74, 6) is 2.03. The third-order valence-corrected chi connectivity index (χ3v) is 5.29. The van der Waals surface area contributed by atoms with Crippen LogP contribution in [0.1, 0.15) is 50.4 Å². The highest BCUT2D eigenvalue weighted by Crippen LogP contribution is 2.11. The van der Waals surface area contributed by atoms with Gasteiger partial charge >= 0.3 is 0 Å². The highest BCUT2D eigenvalue weighted by atomic mass is 127. The maximum Gasteiger partial charge on any atom is 0.222 e. The Morgan fingerprint density at radius 1 is 1.16 bits per heavy atom. The summed E-state index contributed by atoms with van der Waals surface area (Å²) >= 11 is 0. The van der Waals surface area contributed by atoms with E-state index in [1.807, 2.05) is 23.4 Å². The Morgan fingerprint density at radius 2 is 2.00 bits per heavy atom. The third-order valence-electron chi connectivity index (χ3n) is 5.29. The SMILES string of the molecule is CCNC(=NCc1nccn1Cc1ccccc1)NCCCN1CCCCCC1=O.I. The smallest absolute Gasteiger partial charge is 0.222 e. The predicted molar refractivity (Wildman–Crippen MR) is 136 cm³/mol. The number of nitrogens with one attached hydrogen (secondary N) is 2. The molecule has 1 amide bonds. The van der Waals surface area contributed by atoms with Crippen molar-refractivity contribution in [2.75, 3.05) is 26.2 Å². The van der Waals surface area contributed by atoms with Crippen LogP contribution < -0.4 is 10.6 Å². The van der Waals surface area contributed by atoms with Gasteiger partial charge in [-0.15, -0.1) is 24.0 Å². The molecular weight excluding hydrogens is 503 g/mol. The average molecular weight is 538 g/mol. The van der Waals surface area contributed by atoms with Gasteiger partial charge in [0.15, 0.2) is 5.96 Å². The fourth-order valence-electron chi connectivity index (χ4n) is 3.66. The fraction of sp³-hybridized carbons (Fsp3) is 0.522. The lowest BCUT2D eigenvalue weighted by molar-refractivity contribution is -0.130. The molecular formula is C23H35IN6O. The molecule has 7 nitrogen and oxygen atoms in total. The summed E-state index contributed by atoms with van der Waals surface area (Å²) in [4.78, 5) is 23.3. The summed E-state index contributed by atoms with van der Waals surface area (Å²) in [6.07, 6.45) is 8.76. The average Bonchev–Trinajstić information content (AvgIpc) is 3.09. The van der Waals surface area contributed by atoms with Gasteiger partial charge in [0.25, 0.3) is 0 Å². The first-order chi connectivity index (χ1) is 14.8. The first kappa shape index (κ1) is 25.2. The van der Waals surface area contributed by atoms with E-state index in [1.165, 1.54) is 5.56 Å². The molecule has 2 aromatic rings. The minimum absolute atomic E-state index is 0. The Labute approximate surface area is 202 Å². The van der Waals surface area contributed by atoms with Crippen LogP contribution in [-0.2, 0) is 17.9 Å². The normalized spacial score (nSPS) is 14.7.